The van der Waals surface area contributed by atoms with E-state index < -0.39 is 6.36 Å². The van der Waals surface area contributed by atoms with Gasteiger partial charge in [-0.2, -0.15) is 0 Å². The topological polar surface area (TPSA) is 35.2 Å². The van der Waals surface area contributed by atoms with Crippen molar-refractivity contribution in [3.8, 4) is 5.75 Å². The number of benzene rings is 1. The lowest BCUT2D eigenvalue weighted by molar-refractivity contribution is -0.274. The molecule has 0 heterocycles. The minimum atomic E-state index is -4.69. The summed E-state index contributed by atoms with van der Waals surface area (Å²) in [6.45, 7) is 2.08. The Morgan fingerprint density at radius 2 is 1.90 bits per heavy atom. The minimum Gasteiger partial charge on any atom is -0.406 e. The molecule has 1 aromatic rings. The molecule has 20 heavy (non-hydrogen) atoms. The molecule has 2 nitrogen and oxygen atoms in total. The Morgan fingerprint density at radius 3 is 2.45 bits per heavy atom. The van der Waals surface area contributed by atoms with Crippen molar-refractivity contribution in [2.75, 3.05) is 0 Å². The molecule has 0 aliphatic carbocycles. The van der Waals surface area contributed by atoms with Crippen LogP contribution >= 0.6 is 28.3 Å². The van der Waals surface area contributed by atoms with Crippen molar-refractivity contribution in [3.63, 3.8) is 0 Å². The zero-order chi connectivity index (χ0) is 14.5. The van der Waals surface area contributed by atoms with Crippen LogP contribution in [0.1, 0.15) is 44.2 Å². The van der Waals surface area contributed by atoms with E-state index in [4.69, 9.17) is 5.73 Å². The van der Waals surface area contributed by atoms with E-state index in [9.17, 15) is 13.2 Å². The number of halogens is 5. The average Bonchev–Trinajstić information content (AvgIpc) is 2.26. The summed E-state index contributed by atoms with van der Waals surface area (Å²) < 4.78 is 41.0. The van der Waals surface area contributed by atoms with Crippen molar-refractivity contribution in [2.24, 2.45) is 5.73 Å². The molecule has 0 aliphatic heterocycles. The summed E-state index contributed by atoms with van der Waals surface area (Å²) >= 11 is 3.17. The lowest BCUT2D eigenvalue weighted by Gasteiger charge is -2.15. The number of hydrogen-bond acceptors (Lipinski definition) is 2. The van der Waals surface area contributed by atoms with Crippen LogP contribution in [0.2, 0.25) is 0 Å². The van der Waals surface area contributed by atoms with Crippen LogP contribution in [0, 0.1) is 0 Å². The number of alkyl halides is 3. The van der Waals surface area contributed by atoms with Gasteiger partial charge in [0.05, 0.1) is 0 Å². The first-order valence-electron chi connectivity index (χ1n) is 6.13. The Kier molecular flexibility index (Phi) is 8.54. The van der Waals surface area contributed by atoms with E-state index in [1.54, 1.807) is 6.07 Å². The van der Waals surface area contributed by atoms with Gasteiger partial charge >= 0.3 is 6.36 Å². The minimum absolute atomic E-state index is 0. The van der Waals surface area contributed by atoms with Gasteiger partial charge in [0.2, 0.25) is 0 Å². The van der Waals surface area contributed by atoms with E-state index in [0.29, 0.717) is 10.0 Å². The van der Waals surface area contributed by atoms with Crippen LogP contribution < -0.4 is 10.5 Å². The number of hydrogen-bond donors (Lipinski definition) is 1. The molecule has 0 amide bonds. The van der Waals surface area contributed by atoms with Gasteiger partial charge in [0, 0.05) is 10.5 Å². The fraction of sp³-hybridized carbons (Fsp3) is 0.538. The van der Waals surface area contributed by atoms with Crippen LogP contribution in [-0.4, -0.2) is 6.36 Å². The molecular formula is C13H18BrClF3NO. The highest BCUT2D eigenvalue weighted by atomic mass is 79.9. The monoisotopic (exact) mass is 375 g/mol. The zero-order valence-corrected chi connectivity index (χ0v) is 13.4. The molecule has 1 aromatic carbocycles. The maximum Gasteiger partial charge on any atom is 0.573 e. The molecule has 0 fully saturated rings. The van der Waals surface area contributed by atoms with Crippen molar-refractivity contribution in [2.45, 2.75) is 45.0 Å². The van der Waals surface area contributed by atoms with Crippen LogP contribution in [0.5, 0.6) is 5.75 Å². The molecule has 0 aromatic heterocycles. The van der Waals surface area contributed by atoms with Gasteiger partial charge in [-0.3, -0.25) is 0 Å². The Morgan fingerprint density at radius 1 is 1.25 bits per heavy atom. The molecule has 1 rings (SSSR count). The summed E-state index contributed by atoms with van der Waals surface area (Å²) in [5.74, 6) is -0.247. The summed E-state index contributed by atoms with van der Waals surface area (Å²) in [6, 6.07) is 4.06. The Bertz CT molecular complexity index is 415. The second kappa shape index (κ2) is 8.74. The van der Waals surface area contributed by atoms with Gasteiger partial charge in [0.15, 0.2) is 0 Å². The van der Waals surface area contributed by atoms with Gasteiger partial charge in [0.1, 0.15) is 5.75 Å². The second-order valence-corrected chi connectivity index (χ2v) is 5.29. The molecular weight excluding hydrogens is 358 g/mol. The van der Waals surface area contributed by atoms with Gasteiger partial charge in [0.25, 0.3) is 0 Å². The largest absolute Gasteiger partial charge is 0.573 e. The first-order valence-corrected chi connectivity index (χ1v) is 6.93. The predicted molar refractivity (Wildman–Crippen MR) is 79.1 cm³/mol. The van der Waals surface area contributed by atoms with E-state index in [0.717, 1.165) is 25.7 Å². The molecule has 0 spiro atoms. The number of unbranched alkanes of at least 4 members (excludes halogenated alkanes) is 2. The van der Waals surface area contributed by atoms with E-state index in [-0.39, 0.29) is 24.2 Å². The van der Waals surface area contributed by atoms with Gasteiger partial charge < -0.3 is 10.5 Å². The lowest BCUT2D eigenvalue weighted by atomic mass is 10.0. The third kappa shape index (κ3) is 7.36. The van der Waals surface area contributed by atoms with Crippen LogP contribution in [0.3, 0.4) is 0 Å². The first-order chi connectivity index (χ1) is 8.81. The molecule has 0 bridgehead atoms. The summed E-state index contributed by atoms with van der Waals surface area (Å²) in [5.41, 5.74) is 6.62. The highest BCUT2D eigenvalue weighted by Gasteiger charge is 2.31. The fourth-order valence-corrected chi connectivity index (χ4v) is 2.26. The molecule has 2 N–H and O–H groups in total. The average molecular weight is 377 g/mol. The van der Waals surface area contributed by atoms with E-state index >= 15 is 0 Å². The molecule has 0 saturated carbocycles. The van der Waals surface area contributed by atoms with Gasteiger partial charge in [-0.1, -0.05) is 42.1 Å². The Labute approximate surface area is 131 Å². The lowest BCUT2D eigenvalue weighted by Crippen LogP contribution is -2.18. The standard InChI is InChI=1S/C13H17BrF3NO.ClH/c1-2-3-4-5-12(18)9-6-10(14)8-11(7-9)19-13(15,16)17;/h6-8,12H,2-5,18H2,1H3;1H/t12-;/m0./s1. The van der Waals surface area contributed by atoms with Crippen molar-refractivity contribution in [3.05, 3.63) is 28.2 Å². The van der Waals surface area contributed by atoms with Gasteiger partial charge in [-0.05, 0) is 30.2 Å². The first kappa shape index (κ1) is 19.5. The normalized spacial score (nSPS) is 12.7. The van der Waals surface area contributed by atoms with Crippen LogP contribution in [0.4, 0.5) is 13.2 Å². The quantitative estimate of drug-likeness (QED) is 0.679. The maximum absolute atomic E-state index is 12.2. The molecule has 0 saturated heterocycles. The van der Waals surface area contributed by atoms with Crippen molar-refractivity contribution < 1.29 is 17.9 Å². The summed E-state index contributed by atoms with van der Waals surface area (Å²) in [4.78, 5) is 0. The van der Waals surface area contributed by atoms with Crippen molar-refractivity contribution in [1.82, 2.24) is 0 Å². The Hall–Kier alpha value is -0.460. The SMILES string of the molecule is CCCCC[C@H](N)c1cc(Br)cc(OC(F)(F)F)c1.Cl. The highest BCUT2D eigenvalue weighted by molar-refractivity contribution is 9.10. The molecule has 7 heteroatoms. The number of nitrogens with two attached hydrogens (primary N) is 1. The third-order valence-electron chi connectivity index (χ3n) is 2.67. The summed E-state index contributed by atoms with van der Waals surface area (Å²) in [5, 5.41) is 0. The third-order valence-corrected chi connectivity index (χ3v) is 3.13. The van der Waals surface area contributed by atoms with Crippen molar-refractivity contribution >= 4 is 28.3 Å². The molecule has 0 unspecified atom stereocenters. The maximum atomic E-state index is 12.2. The molecule has 0 radical (unpaired) electrons. The van der Waals surface area contributed by atoms with E-state index in [1.807, 2.05) is 0 Å². The number of rotatable bonds is 6. The molecule has 0 aliphatic rings. The van der Waals surface area contributed by atoms with E-state index in [2.05, 4.69) is 27.6 Å². The highest BCUT2D eigenvalue weighted by Crippen LogP contribution is 2.30. The van der Waals surface area contributed by atoms with Crippen LogP contribution in [0.15, 0.2) is 22.7 Å². The molecule has 116 valence electrons. The smallest absolute Gasteiger partial charge is 0.406 e. The van der Waals surface area contributed by atoms with Crippen LogP contribution in [0.25, 0.3) is 0 Å². The van der Waals surface area contributed by atoms with Gasteiger partial charge in [-0.25, -0.2) is 0 Å². The summed E-state index contributed by atoms with van der Waals surface area (Å²) in [6.07, 6.45) is -0.846. The zero-order valence-electron chi connectivity index (χ0n) is 11.0. The fourth-order valence-electron chi connectivity index (χ4n) is 1.77. The molecule has 1 atom stereocenters. The van der Waals surface area contributed by atoms with E-state index in [1.165, 1.54) is 12.1 Å². The number of ether oxygens (including phenoxy) is 1. The summed E-state index contributed by atoms with van der Waals surface area (Å²) in [7, 11) is 0. The second-order valence-electron chi connectivity index (χ2n) is 4.37. The predicted octanol–water partition coefficient (Wildman–Crippen LogP) is 5.35. The van der Waals surface area contributed by atoms with Crippen LogP contribution in [-0.2, 0) is 0 Å². The van der Waals surface area contributed by atoms with Crippen molar-refractivity contribution in [1.29, 1.82) is 0 Å². The Balaban J connectivity index is 0.00000361. The van der Waals surface area contributed by atoms with Gasteiger partial charge in [-0.15, -0.1) is 25.6 Å².